The number of esters is 1. The normalized spacial score (nSPS) is 10.8. The fraction of sp³-hybridized carbons (Fsp3) is 0.474. The standard InChI is InChI=1S/C19H28N2O5/c1-20(2)12-13-21(11-10-19(23)26-5)18(22)9-6-15-14-16(24-3)7-8-17(15)25-4/h6-9,14H,10-13H2,1-5H3/b9-6+. The van der Waals surface area contributed by atoms with Gasteiger partial charge in [-0.25, -0.2) is 0 Å². The first-order valence-corrected chi connectivity index (χ1v) is 8.31. The Morgan fingerprint density at radius 1 is 1.04 bits per heavy atom. The first-order chi connectivity index (χ1) is 12.4. The summed E-state index contributed by atoms with van der Waals surface area (Å²) < 4.78 is 15.2. The highest BCUT2D eigenvalue weighted by Crippen LogP contribution is 2.25. The smallest absolute Gasteiger partial charge is 0.307 e. The molecule has 0 bridgehead atoms. The summed E-state index contributed by atoms with van der Waals surface area (Å²) in [4.78, 5) is 27.6. The monoisotopic (exact) mass is 364 g/mol. The van der Waals surface area contributed by atoms with Gasteiger partial charge in [-0.05, 0) is 38.4 Å². The summed E-state index contributed by atoms with van der Waals surface area (Å²) in [5.41, 5.74) is 0.737. The third kappa shape index (κ3) is 7.14. The van der Waals surface area contributed by atoms with Gasteiger partial charge in [0, 0.05) is 31.3 Å². The van der Waals surface area contributed by atoms with Crippen molar-refractivity contribution < 1.29 is 23.8 Å². The van der Waals surface area contributed by atoms with Gasteiger partial charge in [-0.1, -0.05) is 0 Å². The molecule has 1 aromatic rings. The van der Waals surface area contributed by atoms with Crippen molar-refractivity contribution in [1.82, 2.24) is 9.80 Å². The van der Waals surface area contributed by atoms with Crippen LogP contribution in [-0.2, 0) is 14.3 Å². The van der Waals surface area contributed by atoms with E-state index in [2.05, 4.69) is 4.74 Å². The molecule has 1 rings (SSSR count). The van der Waals surface area contributed by atoms with Crippen LogP contribution in [0.15, 0.2) is 24.3 Å². The summed E-state index contributed by atoms with van der Waals surface area (Å²) in [6.07, 6.45) is 3.32. The van der Waals surface area contributed by atoms with Crippen molar-refractivity contribution >= 4 is 18.0 Å². The molecule has 0 spiro atoms. The Kier molecular flexibility index (Phi) is 9.22. The van der Waals surface area contributed by atoms with Crippen molar-refractivity contribution in [2.45, 2.75) is 6.42 Å². The molecule has 0 heterocycles. The molecule has 0 N–H and O–H groups in total. The molecule has 0 fully saturated rings. The second-order valence-corrected chi connectivity index (χ2v) is 5.90. The van der Waals surface area contributed by atoms with Gasteiger partial charge in [-0.3, -0.25) is 9.59 Å². The molecule has 0 unspecified atom stereocenters. The fourth-order valence-electron chi connectivity index (χ4n) is 2.22. The van der Waals surface area contributed by atoms with E-state index in [1.165, 1.54) is 13.2 Å². The SMILES string of the molecule is COC(=O)CCN(CCN(C)C)C(=O)/C=C/c1cc(OC)ccc1OC. The zero-order chi connectivity index (χ0) is 19.5. The Morgan fingerprint density at radius 2 is 1.77 bits per heavy atom. The van der Waals surface area contributed by atoms with Crippen LogP contribution in [0.2, 0.25) is 0 Å². The number of methoxy groups -OCH3 is 3. The van der Waals surface area contributed by atoms with Crippen LogP contribution in [0, 0.1) is 0 Å². The molecule has 1 amide bonds. The second kappa shape index (κ2) is 11.1. The van der Waals surface area contributed by atoms with Gasteiger partial charge in [0.25, 0.3) is 0 Å². The number of rotatable bonds is 10. The summed E-state index contributed by atoms with van der Waals surface area (Å²) in [5.74, 6) is 0.795. The van der Waals surface area contributed by atoms with Crippen molar-refractivity contribution in [2.24, 2.45) is 0 Å². The van der Waals surface area contributed by atoms with Gasteiger partial charge in [0.2, 0.25) is 5.91 Å². The van der Waals surface area contributed by atoms with E-state index in [0.717, 1.165) is 5.56 Å². The lowest BCUT2D eigenvalue weighted by Crippen LogP contribution is -2.37. The number of carbonyl (C=O) groups excluding carboxylic acids is 2. The molecule has 0 aliphatic carbocycles. The van der Waals surface area contributed by atoms with E-state index < -0.39 is 0 Å². The van der Waals surface area contributed by atoms with Crippen molar-refractivity contribution in [2.75, 3.05) is 55.1 Å². The minimum Gasteiger partial charge on any atom is -0.497 e. The molecule has 0 aliphatic rings. The van der Waals surface area contributed by atoms with Crippen LogP contribution in [0.3, 0.4) is 0 Å². The maximum atomic E-state index is 12.6. The molecular formula is C19H28N2O5. The quantitative estimate of drug-likeness (QED) is 0.465. The molecular weight excluding hydrogens is 336 g/mol. The van der Waals surface area contributed by atoms with Gasteiger partial charge in [-0.2, -0.15) is 0 Å². The van der Waals surface area contributed by atoms with E-state index in [4.69, 9.17) is 9.47 Å². The molecule has 0 saturated heterocycles. The highest BCUT2D eigenvalue weighted by molar-refractivity contribution is 5.92. The van der Waals surface area contributed by atoms with Gasteiger partial charge >= 0.3 is 5.97 Å². The van der Waals surface area contributed by atoms with Crippen LogP contribution in [0.25, 0.3) is 6.08 Å². The molecule has 7 nitrogen and oxygen atoms in total. The zero-order valence-corrected chi connectivity index (χ0v) is 16.2. The van der Waals surface area contributed by atoms with Crippen molar-refractivity contribution in [3.63, 3.8) is 0 Å². The molecule has 144 valence electrons. The van der Waals surface area contributed by atoms with Crippen LogP contribution in [0.4, 0.5) is 0 Å². The lowest BCUT2D eigenvalue weighted by Gasteiger charge is -2.22. The average Bonchev–Trinajstić information content (AvgIpc) is 2.65. The molecule has 1 aromatic carbocycles. The summed E-state index contributed by atoms with van der Waals surface area (Å²) in [5, 5.41) is 0. The minimum absolute atomic E-state index is 0.159. The number of ether oxygens (including phenoxy) is 3. The number of amides is 1. The Labute approximate surface area is 155 Å². The molecule has 0 aliphatic heterocycles. The fourth-order valence-corrected chi connectivity index (χ4v) is 2.22. The second-order valence-electron chi connectivity index (χ2n) is 5.90. The zero-order valence-electron chi connectivity index (χ0n) is 16.2. The van der Waals surface area contributed by atoms with E-state index in [-0.39, 0.29) is 18.3 Å². The molecule has 7 heteroatoms. The first-order valence-electron chi connectivity index (χ1n) is 8.31. The molecule has 0 radical (unpaired) electrons. The molecule has 0 aromatic heterocycles. The minimum atomic E-state index is -0.342. The maximum absolute atomic E-state index is 12.6. The van der Waals surface area contributed by atoms with Gasteiger partial charge in [-0.15, -0.1) is 0 Å². The first kappa shape index (κ1) is 21.5. The van der Waals surface area contributed by atoms with Gasteiger partial charge in [0.05, 0.1) is 27.8 Å². The number of nitrogens with zero attached hydrogens (tertiary/aromatic N) is 2. The van der Waals surface area contributed by atoms with Gasteiger partial charge in [0.15, 0.2) is 0 Å². The van der Waals surface area contributed by atoms with E-state index >= 15 is 0 Å². The van der Waals surface area contributed by atoms with Crippen LogP contribution in [0.1, 0.15) is 12.0 Å². The summed E-state index contributed by atoms with van der Waals surface area (Å²) >= 11 is 0. The Balaban J connectivity index is 2.89. The highest BCUT2D eigenvalue weighted by atomic mass is 16.5. The predicted molar refractivity (Wildman–Crippen MR) is 100 cm³/mol. The third-order valence-electron chi connectivity index (χ3n) is 3.78. The number of benzene rings is 1. The Bertz CT molecular complexity index is 628. The summed E-state index contributed by atoms with van der Waals surface area (Å²) in [6, 6.07) is 5.36. The van der Waals surface area contributed by atoms with E-state index in [0.29, 0.717) is 31.1 Å². The van der Waals surface area contributed by atoms with Crippen molar-refractivity contribution in [3.8, 4) is 11.5 Å². The number of carbonyl (C=O) groups is 2. The lowest BCUT2D eigenvalue weighted by molar-refractivity contribution is -0.141. The van der Waals surface area contributed by atoms with Crippen LogP contribution in [0.5, 0.6) is 11.5 Å². The number of hydrogen-bond acceptors (Lipinski definition) is 6. The van der Waals surface area contributed by atoms with Crippen molar-refractivity contribution in [1.29, 1.82) is 0 Å². The Morgan fingerprint density at radius 3 is 2.35 bits per heavy atom. The number of hydrogen-bond donors (Lipinski definition) is 0. The van der Waals surface area contributed by atoms with Crippen molar-refractivity contribution in [3.05, 3.63) is 29.8 Å². The maximum Gasteiger partial charge on any atom is 0.307 e. The third-order valence-corrected chi connectivity index (χ3v) is 3.78. The topological polar surface area (TPSA) is 68.3 Å². The van der Waals surface area contributed by atoms with E-state index in [1.54, 1.807) is 43.4 Å². The van der Waals surface area contributed by atoms with Gasteiger partial charge < -0.3 is 24.0 Å². The predicted octanol–water partition coefficient (Wildman–Crippen LogP) is 1.67. The highest BCUT2D eigenvalue weighted by Gasteiger charge is 2.13. The lowest BCUT2D eigenvalue weighted by atomic mass is 10.1. The van der Waals surface area contributed by atoms with E-state index in [1.807, 2.05) is 19.0 Å². The van der Waals surface area contributed by atoms with Crippen LogP contribution in [-0.4, -0.2) is 76.7 Å². The molecule has 0 saturated carbocycles. The van der Waals surface area contributed by atoms with Gasteiger partial charge in [0.1, 0.15) is 11.5 Å². The van der Waals surface area contributed by atoms with Crippen LogP contribution >= 0.6 is 0 Å². The summed E-state index contributed by atoms with van der Waals surface area (Å²) in [6.45, 7) is 1.52. The molecule has 26 heavy (non-hydrogen) atoms. The van der Waals surface area contributed by atoms with Crippen LogP contribution < -0.4 is 9.47 Å². The number of likely N-dealkylation sites (N-methyl/N-ethyl adjacent to an activating group) is 1. The summed E-state index contributed by atoms with van der Waals surface area (Å²) in [7, 11) is 8.35. The van der Waals surface area contributed by atoms with E-state index in [9.17, 15) is 9.59 Å². The molecule has 0 atom stereocenters. The average molecular weight is 364 g/mol. The largest absolute Gasteiger partial charge is 0.497 e. The Hall–Kier alpha value is -2.54.